The number of methoxy groups -OCH3 is 1. The van der Waals surface area contributed by atoms with Crippen LogP contribution in [0, 0.1) is 11.6 Å². The van der Waals surface area contributed by atoms with Gasteiger partial charge in [0, 0.05) is 17.5 Å². The molecule has 1 amide bonds. The lowest BCUT2D eigenvalue weighted by Gasteiger charge is -2.11. The van der Waals surface area contributed by atoms with Gasteiger partial charge in [-0.15, -0.1) is 0 Å². The SMILES string of the molecule is COC(=O)c1cc(OCC(=O)Nc2cc(F)ccc2F)c2ccccc2n1. The summed E-state index contributed by atoms with van der Waals surface area (Å²) in [4.78, 5) is 28.0. The first kappa shape index (κ1) is 18.2. The molecule has 0 atom stereocenters. The topological polar surface area (TPSA) is 77.5 Å². The molecule has 0 saturated heterocycles. The number of esters is 1. The maximum absolute atomic E-state index is 13.6. The van der Waals surface area contributed by atoms with Crippen LogP contribution in [0.1, 0.15) is 10.5 Å². The Morgan fingerprint density at radius 2 is 1.89 bits per heavy atom. The van der Waals surface area contributed by atoms with E-state index in [9.17, 15) is 18.4 Å². The molecule has 6 nitrogen and oxygen atoms in total. The third-order valence-corrected chi connectivity index (χ3v) is 3.63. The zero-order valence-electron chi connectivity index (χ0n) is 14.2. The standard InChI is InChI=1S/C19H14F2N2O4/c1-26-19(25)16-9-17(12-4-2-3-5-14(12)22-16)27-10-18(24)23-15-8-11(20)6-7-13(15)21/h2-9H,10H2,1H3,(H,23,24). The molecule has 0 aliphatic carbocycles. The molecule has 0 saturated carbocycles. The number of para-hydroxylation sites is 1. The third kappa shape index (κ3) is 4.17. The maximum Gasteiger partial charge on any atom is 0.356 e. The Kier molecular flexibility index (Phi) is 5.25. The van der Waals surface area contributed by atoms with Crippen LogP contribution in [0.4, 0.5) is 14.5 Å². The van der Waals surface area contributed by atoms with E-state index in [4.69, 9.17) is 4.74 Å². The molecule has 8 heteroatoms. The number of nitrogens with zero attached hydrogens (tertiary/aromatic N) is 1. The molecule has 1 aromatic heterocycles. The lowest BCUT2D eigenvalue weighted by Crippen LogP contribution is -2.21. The number of carbonyl (C=O) groups excluding carboxylic acids is 2. The summed E-state index contributed by atoms with van der Waals surface area (Å²) in [7, 11) is 1.22. The molecule has 138 valence electrons. The molecule has 0 aliphatic rings. The summed E-state index contributed by atoms with van der Waals surface area (Å²) in [5.74, 6) is -2.57. The second-order valence-electron chi connectivity index (χ2n) is 5.48. The van der Waals surface area contributed by atoms with Gasteiger partial charge in [-0.05, 0) is 24.3 Å². The molecular weight excluding hydrogens is 358 g/mol. The van der Waals surface area contributed by atoms with E-state index in [1.165, 1.54) is 13.2 Å². The van der Waals surface area contributed by atoms with Crippen LogP contribution >= 0.6 is 0 Å². The number of aromatic nitrogens is 1. The number of hydrogen-bond acceptors (Lipinski definition) is 5. The molecule has 3 rings (SSSR count). The summed E-state index contributed by atoms with van der Waals surface area (Å²) in [6.07, 6.45) is 0. The van der Waals surface area contributed by atoms with Crippen molar-refractivity contribution in [1.29, 1.82) is 0 Å². The first-order valence-corrected chi connectivity index (χ1v) is 7.83. The van der Waals surface area contributed by atoms with Gasteiger partial charge in [-0.3, -0.25) is 4.79 Å². The van der Waals surface area contributed by atoms with E-state index in [2.05, 4.69) is 15.0 Å². The highest BCUT2D eigenvalue weighted by Gasteiger charge is 2.15. The first-order valence-electron chi connectivity index (χ1n) is 7.83. The number of anilines is 1. The number of pyridine rings is 1. The number of nitrogens with one attached hydrogen (secondary N) is 1. The Bertz CT molecular complexity index is 1020. The largest absolute Gasteiger partial charge is 0.483 e. The van der Waals surface area contributed by atoms with Gasteiger partial charge in [0.2, 0.25) is 0 Å². The van der Waals surface area contributed by atoms with E-state index in [1.54, 1.807) is 24.3 Å². The highest BCUT2D eigenvalue weighted by atomic mass is 19.1. The number of amides is 1. The number of hydrogen-bond donors (Lipinski definition) is 1. The van der Waals surface area contributed by atoms with Crippen molar-refractivity contribution < 1.29 is 27.8 Å². The summed E-state index contributed by atoms with van der Waals surface area (Å²) in [5, 5.41) is 2.81. The highest BCUT2D eigenvalue weighted by Crippen LogP contribution is 2.26. The molecule has 0 fully saturated rings. The number of fused-ring (bicyclic) bond motifs is 1. The Morgan fingerprint density at radius 1 is 1.11 bits per heavy atom. The predicted octanol–water partition coefficient (Wildman–Crippen LogP) is 3.32. The minimum Gasteiger partial charge on any atom is -0.483 e. The van der Waals surface area contributed by atoms with Gasteiger partial charge in [-0.2, -0.15) is 0 Å². The van der Waals surface area contributed by atoms with Crippen LogP contribution < -0.4 is 10.1 Å². The fourth-order valence-electron chi connectivity index (χ4n) is 2.39. The molecule has 27 heavy (non-hydrogen) atoms. The van der Waals surface area contributed by atoms with Gasteiger partial charge in [0.05, 0.1) is 18.3 Å². The minimum atomic E-state index is -0.771. The van der Waals surface area contributed by atoms with Crippen molar-refractivity contribution in [3.8, 4) is 5.75 Å². The number of benzene rings is 2. The highest BCUT2D eigenvalue weighted by molar-refractivity contribution is 5.95. The van der Waals surface area contributed by atoms with E-state index in [0.29, 0.717) is 10.9 Å². The van der Waals surface area contributed by atoms with Crippen molar-refractivity contribution in [2.45, 2.75) is 0 Å². The normalized spacial score (nSPS) is 10.5. The van der Waals surface area contributed by atoms with E-state index in [0.717, 1.165) is 18.2 Å². The molecule has 0 aliphatic heterocycles. The van der Waals surface area contributed by atoms with Crippen molar-refractivity contribution in [3.63, 3.8) is 0 Å². The van der Waals surface area contributed by atoms with Gasteiger partial charge in [0.1, 0.15) is 17.4 Å². The summed E-state index contributed by atoms with van der Waals surface area (Å²) < 4.78 is 36.9. The molecule has 0 spiro atoms. The van der Waals surface area contributed by atoms with Gasteiger partial charge >= 0.3 is 5.97 Å². The molecular formula is C19H14F2N2O4. The molecule has 0 bridgehead atoms. The number of rotatable bonds is 5. The van der Waals surface area contributed by atoms with Crippen molar-refractivity contribution in [2.24, 2.45) is 0 Å². The Labute approximate surface area is 152 Å². The first-order chi connectivity index (χ1) is 13.0. The fourth-order valence-corrected chi connectivity index (χ4v) is 2.39. The average molecular weight is 372 g/mol. The van der Waals surface area contributed by atoms with Crippen LogP contribution in [0.15, 0.2) is 48.5 Å². The second-order valence-corrected chi connectivity index (χ2v) is 5.48. The molecule has 1 heterocycles. The fraction of sp³-hybridized carbons (Fsp3) is 0.105. The van der Waals surface area contributed by atoms with Gasteiger partial charge in [0.15, 0.2) is 12.3 Å². The van der Waals surface area contributed by atoms with Gasteiger partial charge < -0.3 is 14.8 Å². The maximum atomic E-state index is 13.6. The molecule has 1 N–H and O–H groups in total. The van der Waals surface area contributed by atoms with Gasteiger partial charge in [-0.1, -0.05) is 12.1 Å². The quantitative estimate of drug-likeness (QED) is 0.696. The zero-order chi connectivity index (χ0) is 19.4. The smallest absolute Gasteiger partial charge is 0.356 e. The predicted molar refractivity (Wildman–Crippen MR) is 93.6 cm³/mol. The van der Waals surface area contributed by atoms with Gasteiger partial charge in [0.25, 0.3) is 5.91 Å². The number of carbonyl (C=O) groups is 2. The minimum absolute atomic E-state index is 0.0165. The van der Waals surface area contributed by atoms with E-state index >= 15 is 0 Å². The lowest BCUT2D eigenvalue weighted by atomic mass is 10.2. The summed E-state index contributed by atoms with van der Waals surface area (Å²) in [6, 6.07) is 10.9. The van der Waals surface area contributed by atoms with Crippen LogP contribution in [0.2, 0.25) is 0 Å². The van der Waals surface area contributed by atoms with Gasteiger partial charge in [-0.25, -0.2) is 18.6 Å². The average Bonchev–Trinajstić information content (AvgIpc) is 2.68. The second kappa shape index (κ2) is 7.77. The van der Waals surface area contributed by atoms with Crippen molar-refractivity contribution in [1.82, 2.24) is 4.98 Å². The van der Waals surface area contributed by atoms with Crippen molar-refractivity contribution in [2.75, 3.05) is 19.0 Å². The van der Waals surface area contributed by atoms with E-state index in [1.807, 2.05) is 0 Å². The van der Waals surface area contributed by atoms with Crippen molar-refractivity contribution in [3.05, 3.63) is 65.9 Å². The van der Waals surface area contributed by atoms with Crippen molar-refractivity contribution >= 4 is 28.5 Å². The van der Waals surface area contributed by atoms with Crippen LogP contribution in [0.3, 0.4) is 0 Å². The summed E-state index contributed by atoms with van der Waals surface area (Å²) in [6.45, 7) is -0.482. The number of ether oxygens (including phenoxy) is 2. The summed E-state index contributed by atoms with van der Waals surface area (Å²) >= 11 is 0. The molecule has 0 radical (unpaired) electrons. The van der Waals surface area contributed by atoms with Crippen LogP contribution in [0.5, 0.6) is 5.75 Å². The lowest BCUT2D eigenvalue weighted by molar-refractivity contribution is -0.118. The zero-order valence-corrected chi connectivity index (χ0v) is 14.2. The Hall–Kier alpha value is -3.55. The van der Waals surface area contributed by atoms with E-state index in [-0.39, 0.29) is 17.1 Å². The number of halogens is 2. The Balaban J connectivity index is 1.80. The third-order valence-electron chi connectivity index (χ3n) is 3.63. The molecule has 0 unspecified atom stereocenters. The monoisotopic (exact) mass is 372 g/mol. The summed E-state index contributed by atoms with van der Waals surface area (Å²) in [5.41, 5.74) is 0.202. The molecule has 2 aromatic carbocycles. The Morgan fingerprint density at radius 3 is 2.67 bits per heavy atom. The van der Waals surface area contributed by atoms with Crippen LogP contribution in [-0.4, -0.2) is 30.6 Å². The van der Waals surface area contributed by atoms with E-state index < -0.39 is 30.1 Å². The van der Waals surface area contributed by atoms with Crippen LogP contribution in [0.25, 0.3) is 10.9 Å². The molecule has 3 aromatic rings. The van der Waals surface area contributed by atoms with Crippen LogP contribution in [-0.2, 0) is 9.53 Å².